The van der Waals surface area contributed by atoms with Gasteiger partial charge in [-0.1, -0.05) is 19.9 Å². The van der Waals surface area contributed by atoms with Crippen molar-refractivity contribution in [3.8, 4) is 0 Å². The molecule has 0 atom stereocenters. The molecule has 2 amide bonds. The number of sulfonamides is 1. The number of nitrogens with one attached hydrogen (secondary N) is 2. The first kappa shape index (κ1) is 20.0. The van der Waals surface area contributed by atoms with Crippen LogP contribution in [0.2, 0.25) is 0 Å². The van der Waals surface area contributed by atoms with E-state index in [9.17, 15) is 18.0 Å². The summed E-state index contributed by atoms with van der Waals surface area (Å²) in [6.45, 7) is 5.93. The zero-order valence-electron chi connectivity index (χ0n) is 14.5. The number of nitrogens with zero attached hydrogens (tertiary/aromatic N) is 1. The fourth-order valence-corrected chi connectivity index (χ4v) is 2.96. The first-order valence-electron chi connectivity index (χ1n) is 7.71. The Morgan fingerprint density at radius 3 is 2.46 bits per heavy atom. The second-order valence-electron chi connectivity index (χ2n) is 6.01. The lowest BCUT2D eigenvalue weighted by atomic mass is 10.2. The standard InChI is InChI=1S/C16H25N3O4S/c1-12(2)11-17-16(21)8-9-19(24(4,22)23)15-7-5-6-14(10-15)18-13(3)20/h5-7,10,12H,8-9,11H2,1-4H3,(H,17,21)(H,18,20). The molecular weight excluding hydrogens is 330 g/mol. The predicted molar refractivity (Wildman–Crippen MR) is 95.4 cm³/mol. The van der Waals surface area contributed by atoms with Gasteiger partial charge in [0.25, 0.3) is 0 Å². The van der Waals surface area contributed by atoms with Crippen LogP contribution in [0.4, 0.5) is 11.4 Å². The van der Waals surface area contributed by atoms with Crippen molar-refractivity contribution in [2.75, 3.05) is 29.0 Å². The van der Waals surface area contributed by atoms with Gasteiger partial charge in [-0.2, -0.15) is 0 Å². The van der Waals surface area contributed by atoms with Crippen molar-refractivity contribution in [1.82, 2.24) is 5.32 Å². The average molecular weight is 355 g/mol. The van der Waals surface area contributed by atoms with Gasteiger partial charge in [0.2, 0.25) is 21.8 Å². The van der Waals surface area contributed by atoms with E-state index in [-0.39, 0.29) is 24.8 Å². The molecule has 0 saturated carbocycles. The molecule has 2 N–H and O–H groups in total. The highest BCUT2D eigenvalue weighted by Gasteiger charge is 2.19. The van der Waals surface area contributed by atoms with Crippen molar-refractivity contribution in [3.63, 3.8) is 0 Å². The fraction of sp³-hybridized carbons (Fsp3) is 0.500. The summed E-state index contributed by atoms with van der Waals surface area (Å²) in [5.41, 5.74) is 0.901. The van der Waals surface area contributed by atoms with E-state index in [1.165, 1.54) is 6.92 Å². The van der Waals surface area contributed by atoms with Gasteiger partial charge in [0.05, 0.1) is 11.9 Å². The van der Waals surface area contributed by atoms with Crippen LogP contribution in [0.1, 0.15) is 27.2 Å². The number of carbonyl (C=O) groups is 2. The Balaban J connectivity index is 2.87. The lowest BCUT2D eigenvalue weighted by Gasteiger charge is -2.23. The molecule has 0 aliphatic carbocycles. The third-order valence-corrected chi connectivity index (χ3v) is 4.30. The van der Waals surface area contributed by atoms with Gasteiger partial charge in [-0.25, -0.2) is 8.42 Å². The van der Waals surface area contributed by atoms with Crippen LogP contribution in [0.15, 0.2) is 24.3 Å². The van der Waals surface area contributed by atoms with Crippen LogP contribution in [0.5, 0.6) is 0 Å². The zero-order chi connectivity index (χ0) is 18.3. The Morgan fingerprint density at radius 2 is 1.92 bits per heavy atom. The van der Waals surface area contributed by atoms with E-state index in [0.29, 0.717) is 23.8 Å². The molecule has 7 nitrogen and oxygen atoms in total. The van der Waals surface area contributed by atoms with E-state index in [2.05, 4.69) is 10.6 Å². The van der Waals surface area contributed by atoms with Crippen LogP contribution in [0, 0.1) is 5.92 Å². The molecule has 0 fully saturated rings. The Kier molecular flexibility index (Phi) is 7.21. The van der Waals surface area contributed by atoms with E-state index in [0.717, 1.165) is 10.6 Å². The maximum absolute atomic E-state index is 12.1. The van der Waals surface area contributed by atoms with Crippen LogP contribution in [-0.2, 0) is 19.6 Å². The second kappa shape index (κ2) is 8.68. The fourth-order valence-electron chi connectivity index (χ4n) is 2.04. The number of rotatable bonds is 8. The monoisotopic (exact) mass is 355 g/mol. The molecule has 24 heavy (non-hydrogen) atoms. The number of anilines is 2. The molecular formula is C16H25N3O4S. The van der Waals surface area contributed by atoms with E-state index in [1.807, 2.05) is 13.8 Å². The molecule has 0 radical (unpaired) electrons. The van der Waals surface area contributed by atoms with Crippen LogP contribution >= 0.6 is 0 Å². The van der Waals surface area contributed by atoms with Crippen molar-refractivity contribution in [1.29, 1.82) is 0 Å². The summed E-state index contributed by atoms with van der Waals surface area (Å²) < 4.78 is 25.3. The minimum atomic E-state index is -3.55. The summed E-state index contributed by atoms with van der Waals surface area (Å²) in [7, 11) is -3.55. The predicted octanol–water partition coefficient (Wildman–Crippen LogP) is 1.57. The minimum absolute atomic E-state index is 0.0340. The number of benzene rings is 1. The molecule has 1 rings (SSSR count). The smallest absolute Gasteiger partial charge is 0.232 e. The SMILES string of the molecule is CC(=O)Nc1cccc(N(CCC(=O)NCC(C)C)S(C)(=O)=O)c1. The van der Waals surface area contributed by atoms with Crippen molar-refractivity contribution in [2.45, 2.75) is 27.2 Å². The van der Waals surface area contributed by atoms with Gasteiger partial charge in [-0.15, -0.1) is 0 Å². The van der Waals surface area contributed by atoms with E-state index < -0.39 is 10.0 Å². The van der Waals surface area contributed by atoms with E-state index >= 15 is 0 Å². The summed E-state index contributed by atoms with van der Waals surface area (Å²) in [5.74, 6) is -0.115. The molecule has 0 saturated heterocycles. The van der Waals surface area contributed by atoms with Gasteiger partial charge in [-0.05, 0) is 24.1 Å². The minimum Gasteiger partial charge on any atom is -0.356 e. The molecule has 0 aliphatic rings. The van der Waals surface area contributed by atoms with Crippen molar-refractivity contribution in [3.05, 3.63) is 24.3 Å². The average Bonchev–Trinajstić information content (AvgIpc) is 2.43. The van der Waals surface area contributed by atoms with Crippen LogP contribution in [0.25, 0.3) is 0 Å². The maximum Gasteiger partial charge on any atom is 0.232 e. The largest absolute Gasteiger partial charge is 0.356 e. The molecule has 1 aromatic rings. The van der Waals surface area contributed by atoms with Crippen molar-refractivity contribution < 1.29 is 18.0 Å². The summed E-state index contributed by atoms with van der Waals surface area (Å²) in [4.78, 5) is 23.0. The number of hydrogen-bond acceptors (Lipinski definition) is 4. The summed E-state index contributed by atoms with van der Waals surface area (Å²) in [6.07, 6.45) is 1.15. The van der Waals surface area contributed by atoms with Crippen LogP contribution < -0.4 is 14.9 Å². The number of amides is 2. The van der Waals surface area contributed by atoms with Gasteiger partial charge >= 0.3 is 0 Å². The molecule has 0 spiro atoms. The maximum atomic E-state index is 12.1. The highest BCUT2D eigenvalue weighted by atomic mass is 32.2. The Morgan fingerprint density at radius 1 is 1.25 bits per heavy atom. The lowest BCUT2D eigenvalue weighted by molar-refractivity contribution is -0.121. The third-order valence-electron chi connectivity index (χ3n) is 3.10. The first-order valence-corrected chi connectivity index (χ1v) is 9.56. The Labute approximate surface area is 143 Å². The number of hydrogen-bond donors (Lipinski definition) is 2. The van der Waals surface area contributed by atoms with E-state index in [4.69, 9.17) is 0 Å². The van der Waals surface area contributed by atoms with Gasteiger partial charge in [-0.3, -0.25) is 13.9 Å². The van der Waals surface area contributed by atoms with Crippen molar-refractivity contribution in [2.24, 2.45) is 5.92 Å². The highest BCUT2D eigenvalue weighted by Crippen LogP contribution is 2.22. The molecule has 0 bridgehead atoms. The molecule has 0 heterocycles. The summed E-state index contributed by atoms with van der Waals surface area (Å²) in [6, 6.07) is 6.51. The molecule has 0 unspecified atom stereocenters. The van der Waals surface area contributed by atoms with Gasteiger partial charge in [0.15, 0.2) is 0 Å². The summed E-state index contributed by atoms with van der Waals surface area (Å²) >= 11 is 0. The molecule has 134 valence electrons. The van der Waals surface area contributed by atoms with Gasteiger partial charge in [0, 0.05) is 32.1 Å². The molecule has 8 heteroatoms. The van der Waals surface area contributed by atoms with Crippen molar-refractivity contribution >= 4 is 33.2 Å². The lowest BCUT2D eigenvalue weighted by Crippen LogP contribution is -2.35. The Hall–Kier alpha value is -2.09. The first-order chi connectivity index (χ1) is 11.1. The zero-order valence-corrected chi connectivity index (χ0v) is 15.3. The van der Waals surface area contributed by atoms with E-state index in [1.54, 1.807) is 24.3 Å². The highest BCUT2D eigenvalue weighted by molar-refractivity contribution is 7.92. The van der Waals surface area contributed by atoms with Crippen LogP contribution in [0.3, 0.4) is 0 Å². The topological polar surface area (TPSA) is 95.6 Å². The Bertz CT molecular complexity index is 686. The van der Waals surface area contributed by atoms with Crippen LogP contribution in [-0.4, -0.2) is 39.6 Å². The molecule has 0 aliphatic heterocycles. The summed E-state index contributed by atoms with van der Waals surface area (Å²) in [5, 5.41) is 5.37. The molecule has 1 aromatic carbocycles. The third kappa shape index (κ3) is 6.99. The quantitative estimate of drug-likeness (QED) is 0.740. The normalized spacial score (nSPS) is 11.2. The molecule has 0 aromatic heterocycles. The number of carbonyl (C=O) groups excluding carboxylic acids is 2. The second-order valence-corrected chi connectivity index (χ2v) is 7.92. The van der Waals surface area contributed by atoms with Gasteiger partial charge < -0.3 is 10.6 Å². The van der Waals surface area contributed by atoms with Gasteiger partial charge in [0.1, 0.15) is 0 Å².